The van der Waals surface area contributed by atoms with Crippen LogP contribution < -0.4 is 24.8 Å². The third-order valence-electron chi connectivity index (χ3n) is 3.75. The van der Waals surface area contributed by atoms with Crippen molar-refractivity contribution in [3.05, 3.63) is 48.0 Å². The van der Waals surface area contributed by atoms with Crippen LogP contribution in [0, 0.1) is 0 Å². The van der Waals surface area contributed by atoms with Crippen LogP contribution in [0.25, 0.3) is 0 Å². The zero-order valence-corrected chi connectivity index (χ0v) is 15.0. The van der Waals surface area contributed by atoms with Crippen LogP contribution in [0.4, 0.5) is 5.69 Å². The van der Waals surface area contributed by atoms with E-state index in [2.05, 4.69) is 10.6 Å². The molecule has 0 aliphatic carbocycles. The van der Waals surface area contributed by atoms with E-state index in [0.29, 0.717) is 28.5 Å². The molecule has 0 unspecified atom stereocenters. The zero-order valence-electron chi connectivity index (χ0n) is 15.0. The number of carbonyl (C=O) groups excluding carboxylic acids is 3. The molecule has 28 heavy (non-hydrogen) atoms. The summed E-state index contributed by atoms with van der Waals surface area (Å²) in [6.07, 6.45) is 0. The van der Waals surface area contributed by atoms with E-state index in [9.17, 15) is 14.4 Å². The molecule has 0 bridgehead atoms. The molecule has 1 aliphatic rings. The van der Waals surface area contributed by atoms with Gasteiger partial charge in [-0.15, -0.1) is 0 Å². The molecule has 0 atom stereocenters. The van der Waals surface area contributed by atoms with Crippen molar-refractivity contribution in [1.29, 1.82) is 0 Å². The Kier molecular flexibility index (Phi) is 5.95. The number of methoxy groups -OCH3 is 1. The number of anilines is 1. The Balaban J connectivity index is 1.41. The fourth-order valence-corrected chi connectivity index (χ4v) is 2.39. The SMILES string of the molecule is COc1cccc(C(=O)NCC(=O)OCC(=O)Nc2ccc3c(c2)OCO3)c1. The lowest BCUT2D eigenvalue weighted by atomic mass is 10.2. The summed E-state index contributed by atoms with van der Waals surface area (Å²) in [5, 5.41) is 5.00. The predicted molar refractivity (Wildman–Crippen MR) is 97.5 cm³/mol. The standard InChI is InChI=1S/C19H18N2O7/c1-25-14-4-2-3-12(7-14)19(24)20-9-18(23)26-10-17(22)21-13-5-6-15-16(8-13)28-11-27-15/h2-8H,9-11H2,1H3,(H,20,24)(H,21,22). The van der Waals surface area contributed by atoms with E-state index in [0.717, 1.165) is 0 Å². The molecule has 2 N–H and O–H groups in total. The Labute approximate surface area is 160 Å². The summed E-state index contributed by atoms with van der Waals surface area (Å²) in [6.45, 7) is -0.721. The Morgan fingerprint density at radius 2 is 1.89 bits per heavy atom. The van der Waals surface area contributed by atoms with E-state index in [1.807, 2.05) is 0 Å². The zero-order chi connectivity index (χ0) is 19.9. The van der Waals surface area contributed by atoms with Crippen LogP contribution in [-0.4, -0.2) is 44.8 Å². The van der Waals surface area contributed by atoms with Gasteiger partial charge >= 0.3 is 5.97 Å². The number of rotatable bonds is 7. The van der Waals surface area contributed by atoms with Gasteiger partial charge in [0, 0.05) is 17.3 Å². The number of hydrogen-bond donors (Lipinski definition) is 2. The second-order valence-corrected chi connectivity index (χ2v) is 5.69. The first-order valence-corrected chi connectivity index (χ1v) is 8.32. The minimum absolute atomic E-state index is 0.131. The van der Waals surface area contributed by atoms with Gasteiger partial charge in [0.1, 0.15) is 12.3 Å². The lowest BCUT2D eigenvalue weighted by molar-refractivity contribution is -0.146. The molecule has 0 saturated carbocycles. The fraction of sp³-hybridized carbons (Fsp3) is 0.211. The third-order valence-corrected chi connectivity index (χ3v) is 3.75. The highest BCUT2D eigenvalue weighted by atomic mass is 16.7. The molecular formula is C19H18N2O7. The van der Waals surface area contributed by atoms with Crippen molar-refractivity contribution >= 4 is 23.5 Å². The van der Waals surface area contributed by atoms with Crippen LogP contribution in [-0.2, 0) is 14.3 Å². The molecule has 146 valence electrons. The first-order chi connectivity index (χ1) is 13.5. The van der Waals surface area contributed by atoms with Crippen LogP contribution in [0.5, 0.6) is 17.2 Å². The smallest absolute Gasteiger partial charge is 0.325 e. The quantitative estimate of drug-likeness (QED) is 0.691. The second-order valence-electron chi connectivity index (χ2n) is 5.69. The number of carbonyl (C=O) groups is 3. The van der Waals surface area contributed by atoms with Crippen molar-refractivity contribution in [3.63, 3.8) is 0 Å². The summed E-state index contributed by atoms with van der Waals surface area (Å²) < 4.78 is 20.3. The molecule has 0 spiro atoms. The van der Waals surface area contributed by atoms with Crippen molar-refractivity contribution in [1.82, 2.24) is 5.32 Å². The van der Waals surface area contributed by atoms with Crippen LogP contribution in [0.15, 0.2) is 42.5 Å². The molecule has 0 radical (unpaired) electrons. The highest BCUT2D eigenvalue weighted by Gasteiger charge is 2.15. The molecular weight excluding hydrogens is 368 g/mol. The summed E-state index contributed by atoms with van der Waals surface area (Å²) in [5.74, 6) is -0.0780. The van der Waals surface area contributed by atoms with E-state index >= 15 is 0 Å². The predicted octanol–water partition coefficient (Wildman–Crippen LogP) is 1.34. The number of esters is 1. The summed E-state index contributed by atoms with van der Waals surface area (Å²) in [7, 11) is 1.49. The van der Waals surface area contributed by atoms with Crippen LogP contribution in [0.1, 0.15) is 10.4 Å². The number of hydrogen-bond acceptors (Lipinski definition) is 7. The molecule has 3 rings (SSSR count). The van der Waals surface area contributed by atoms with Crippen molar-refractivity contribution in [2.24, 2.45) is 0 Å². The number of nitrogens with one attached hydrogen (secondary N) is 2. The molecule has 2 aromatic rings. The van der Waals surface area contributed by atoms with Crippen molar-refractivity contribution < 1.29 is 33.3 Å². The number of fused-ring (bicyclic) bond motifs is 1. The molecule has 2 aromatic carbocycles. The molecule has 9 heteroatoms. The normalized spacial score (nSPS) is 11.5. The van der Waals surface area contributed by atoms with Gasteiger partial charge in [0.25, 0.3) is 11.8 Å². The van der Waals surface area contributed by atoms with Crippen LogP contribution >= 0.6 is 0 Å². The minimum Gasteiger partial charge on any atom is -0.497 e. The van der Waals surface area contributed by atoms with Crippen LogP contribution in [0.2, 0.25) is 0 Å². The van der Waals surface area contributed by atoms with Gasteiger partial charge in [-0.1, -0.05) is 6.07 Å². The van der Waals surface area contributed by atoms with Crippen molar-refractivity contribution in [2.75, 3.05) is 32.4 Å². The van der Waals surface area contributed by atoms with E-state index in [1.165, 1.54) is 7.11 Å². The lowest BCUT2D eigenvalue weighted by Crippen LogP contribution is -2.32. The molecule has 0 fully saturated rings. The van der Waals surface area contributed by atoms with Gasteiger partial charge in [-0.3, -0.25) is 14.4 Å². The number of ether oxygens (including phenoxy) is 4. The Morgan fingerprint density at radius 3 is 2.71 bits per heavy atom. The van der Waals surface area contributed by atoms with Gasteiger partial charge < -0.3 is 29.6 Å². The minimum atomic E-state index is -0.739. The topological polar surface area (TPSA) is 112 Å². The Bertz CT molecular complexity index is 898. The van der Waals surface area contributed by atoms with E-state index in [-0.39, 0.29) is 13.3 Å². The second kappa shape index (κ2) is 8.76. The average molecular weight is 386 g/mol. The maximum absolute atomic E-state index is 12.0. The molecule has 0 aromatic heterocycles. The van der Waals surface area contributed by atoms with Gasteiger partial charge in [0.2, 0.25) is 6.79 Å². The summed E-state index contributed by atoms with van der Waals surface area (Å²) >= 11 is 0. The van der Waals surface area contributed by atoms with Crippen molar-refractivity contribution in [2.45, 2.75) is 0 Å². The van der Waals surface area contributed by atoms with E-state index < -0.39 is 24.4 Å². The summed E-state index contributed by atoms with van der Waals surface area (Å²) in [5.41, 5.74) is 0.823. The summed E-state index contributed by atoms with van der Waals surface area (Å²) in [6, 6.07) is 11.4. The average Bonchev–Trinajstić information content (AvgIpc) is 3.18. The largest absolute Gasteiger partial charge is 0.497 e. The lowest BCUT2D eigenvalue weighted by Gasteiger charge is -2.08. The monoisotopic (exact) mass is 386 g/mol. The first-order valence-electron chi connectivity index (χ1n) is 8.32. The van der Waals surface area contributed by atoms with Crippen molar-refractivity contribution in [3.8, 4) is 17.2 Å². The highest BCUT2D eigenvalue weighted by molar-refractivity contribution is 5.97. The maximum Gasteiger partial charge on any atom is 0.325 e. The first kappa shape index (κ1) is 19.0. The maximum atomic E-state index is 12.0. The number of benzene rings is 2. The molecule has 9 nitrogen and oxygen atoms in total. The third kappa shape index (κ3) is 4.91. The molecule has 1 heterocycles. The van der Waals surface area contributed by atoms with Gasteiger partial charge in [-0.2, -0.15) is 0 Å². The molecule has 1 aliphatic heterocycles. The van der Waals surface area contributed by atoms with Crippen LogP contribution in [0.3, 0.4) is 0 Å². The van der Waals surface area contributed by atoms with Gasteiger partial charge in [-0.25, -0.2) is 0 Å². The summed E-state index contributed by atoms with van der Waals surface area (Å²) in [4.78, 5) is 35.6. The fourth-order valence-electron chi connectivity index (χ4n) is 2.39. The highest BCUT2D eigenvalue weighted by Crippen LogP contribution is 2.34. The van der Waals surface area contributed by atoms with Gasteiger partial charge in [-0.05, 0) is 30.3 Å². The Morgan fingerprint density at radius 1 is 1.07 bits per heavy atom. The van der Waals surface area contributed by atoms with E-state index in [1.54, 1.807) is 42.5 Å². The number of amides is 2. The van der Waals surface area contributed by atoms with Gasteiger partial charge in [0.15, 0.2) is 18.1 Å². The van der Waals surface area contributed by atoms with E-state index in [4.69, 9.17) is 18.9 Å². The van der Waals surface area contributed by atoms with Gasteiger partial charge in [0.05, 0.1) is 7.11 Å². The Hall–Kier alpha value is -3.75. The molecule has 0 saturated heterocycles. The molecule has 2 amide bonds.